The second-order valence-electron chi connectivity index (χ2n) is 14.2. The van der Waals surface area contributed by atoms with E-state index in [1.165, 1.54) is 36.4 Å². The molecular formula is C38H41N2O12+. The average Bonchev–Trinajstić information content (AvgIpc) is 3.71. The van der Waals surface area contributed by atoms with Gasteiger partial charge in [-0.2, -0.15) is 0 Å². The minimum atomic E-state index is -2.34. The van der Waals surface area contributed by atoms with E-state index in [9.17, 15) is 40.5 Å². The van der Waals surface area contributed by atoms with Gasteiger partial charge in [-0.05, 0) is 68.1 Å². The van der Waals surface area contributed by atoms with E-state index in [4.69, 9.17) is 18.9 Å². The lowest BCUT2D eigenvalue weighted by molar-refractivity contribution is -0.763. The third-order valence-electron chi connectivity index (χ3n) is 10.1. The predicted octanol–water partition coefficient (Wildman–Crippen LogP) is 1.13. The van der Waals surface area contributed by atoms with Crippen LogP contribution in [0.15, 0.2) is 80.2 Å². The third kappa shape index (κ3) is 6.37. The molecule has 0 bridgehead atoms. The van der Waals surface area contributed by atoms with Gasteiger partial charge < -0.3 is 44.9 Å². The van der Waals surface area contributed by atoms with Gasteiger partial charge in [0.1, 0.15) is 77.9 Å². The Labute approximate surface area is 297 Å². The maximum atomic E-state index is 13.2. The summed E-state index contributed by atoms with van der Waals surface area (Å²) in [6.07, 6.45) is -1.23. The van der Waals surface area contributed by atoms with Crippen molar-refractivity contribution >= 4 is 33.6 Å². The largest absolute Gasteiger partial charge is 0.508 e. The number of fused-ring (bicyclic) bond motifs is 4. The summed E-state index contributed by atoms with van der Waals surface area (Å²) < 4.78 is 12.8. The quantitative estimate of drug-likeness (QED) is 0.0810. The second kappa shape index (κ2) is 13.4. The Morgan fingerprint density at radius 1 is 1.08 bits per heavy atom. The molecule has 0 aliphatic carbocycles. The zero-order valence-corrected chi connectivity index (χ0v) is 28.7. The smallest absolute Gasteiger partial charge is 0.222 e. The second-order valence-corrected chi connectivity index (χ2v) is 14.2. The molecule has 3 aliphatic heterocycles. The number of aliphatic imine (C=N–C) groups is 1. The summed E-state index contributed by atoms with van der Waals surface area (Å²) in [6, 6.07) is 10.3. The molecule has 0 amide bonds. The fourth-order valence-electron chi connectivity index (χ4n) is 7.13. The van der Waals surface area contributed by atoms with Crippen LogP contribution >= 0.6 is 0 Å². The van der Waals surface area contributed by atoms with Crippen LogP contribution in [0.5, 0.6) is 17.2 Å². The molecule has 0 radical (unpaired) electrons. The molecule has 0 fully saturated rings. The molecular weight excluding hydrogens is 676 g/mol. The summed E-state index contributed by atoms with van der Waals surface area (Å²) in [4.78, 5) is 30.1. The summed E-state index contributed by atoms with van der Waals surface area (Å²) in [6.45, 7) is 4.23. The summed E-state index contributed by atoms with van der Waals surface area (Å²) in [5, 5.41) is 75.1. The number of benzene rings is 3. The number of nitrogens with one attached hydrogen (secondary N) is 1. The first-order valence-corrected chi connectivity index (χ1v) is 16.9. The highest BCUT2D eigenvalue weighted by Gasteiger charge is 2.46. The van der Waals surface area contributed by atoms with Crippen LogP contribution < -0.4 is 15.1 Å². The lowest BCUT2D eigenvalue weighted by Crippen LogP contribution is -3.01. The average molecular weight is 718 g/mol. The molecule has 6 atom stereocenters. The topological polar surface area (TPSA) is 216 Å². The molecule has 14 nitrogen and oxygen atoms in total. The van der Waals surface area contributed by atoms with E-state index >= 15 is 0 Å². The van der Waals surface area contributed by atoms with Crippen LogP contribution in [-0.2, 0) is 22.6 Å². The number of ether oxygens (including phenoxy) is 1. The van der Waals surface area contributed by atoms with Gasteiger partial charge in [0.15, 0.2) is 11.2 Å². The molecule has 3 aliphatic rings. The van der Waals surface area contributed by atoms with Gasteiger partial charge in [-0.1, -0.05) is 6.07 Å². The number of allylic oxidation sites excluding steroid dienone is 1. The van der Waals surface area contributed by atoms with Crippen LogP contribution in [-0.4, -0.2) is 97.3 Å². The highest BCUT2D eigenvalue weighted by molar-refractivity contribution is 5.92. The molecule has 0 saturated carbocycles. The van der Waals surface area contributed by atoms with Gasteiger partial charge in [-0.25, -0.2) is 9.78 Å². The van der Waals surface area contributed by atoms with Gasteiger partial charge in [-0.3, -0.25) is 14.7 Å². The Bertz CT molecular complexity index is 2210. The Kier molecular flexibility index (Phi) is 9.21. The van der Waals surface area contributed by atoms with Crippen molar-refractivity contribution in [2.45, 2.75) is 69.2 Å². The van der Waals surface area contributed by atoms with E-state index in [1.807, 2.05) is 12.3 Å². The number of aliphatic hydroxyl groups excluding tert-OH is 4. The Hall–Kier alpha value is -4.64. The number of hydrogen-bond donors (Lipinski definition) is 8. The standard InChI is InChI=1S/C38H40N2O12/c1-19-10-29(44)26-11-22-12-31(37(2,3)51-34(22)32(35(26)50-19)40-15-21-8-9-39-27(21)16-40)52-49-18-38(48,36(47)33(46)30(45)17-41)14-20-4-7-28(43)24-6-5-23(42)13-25(20)24/h4-11,13,16,30-31,33,36,41-43,45-48H,12,14-15,17-18H2,1-3H3/p+1. The number of quaternary nitrogens is 1. The third-order valence-corrected chi connectivity index (χ3v) is 10.1. The van der Waals surface area contributed by atoms with E-state index in [2.05, 4.69) is 4.99 Å². The van der Waals surface area contributed by atoms with Gasteiger partial charge >= 0.3 is 0 Å². The number of rotatable bonds is 11. The zero-order chi connectivity index (χ0) is 37.1. The van der Waals surface area contributed by atoms with E-state index in [0.29, 0.717) is 56.6 Å². The van der Waals surface area contributed by atoms with Crippen LogP contribution in [0.1, 0.15) is 30.7 Å². The maximum Gasteiger partial charge on any atom is 0.222 e. The summed E-state index contributed by atoms with van der Waals surface area (Å²) in [5.41, 5.74) is 0.338. The molecule has 4 heterocycles. The van der Waals surface area contributed by atoms with Crippen molar-refractivity contribution < 1.29 is 59.6 Å². The Morgan fingerprint density at radius 2 is 1.87 bits per heavy atom. The van der Waals surface area contributed by atoms with Crippen molar-refractivity contribution in [1.82, 2.24) is 0 Å². The van der Waals surface area contributed by atoms with Gasteiger partial charge in [0.05, 0.1) is 12.0 Å². The summed E-state index contributed by atoms with van der Waals surface area (Å²) in [7, 11) is 0. The number of phenols is 2. The first-order valence-electron chi connectivity index (χ1n) is 16.9. The number of aryl methyl sites for hydroxylation is 1. The molecule has 0 saturated heterocycles. The first-order chi connectivity index (χ1) is 24.7. The molecule has 6 unspecified atom stereocenters. The fourth-order valence-corrected chi connectivity index (χ4v) is 7.13. The summed E-state index contributed by atoms with van der Waals surface area (Å²) in [5.74, 6) is 0.783. The molecule has 14 heteroatoms. The van der Waals surface area contributed by atoms with Crippen LogP contribution in [0, 0.1) is 6.92 Å². The number of aliphatic hydroxyl groups is 5. The number of phenolic OH excluding ortho intramolecular Hbond substituents is 2. The first kappa shape index (κ1) is 35.7. The van der Waals surface area contributed by atoms with Crippen molar-refractivity contribution in [2.75, 3.05) is 19.8 Å². The maximum absolute atomic E-state index is 13.2. The Morgan fingerprint density at radius 3 is 2.62 bits per heavy atom. The summed E-state index contributed by atoms with van der Waals surface area (Å²) >= 11 is 0. The van der Waals surface area contributed by atoms with E-state index in [1.54, 1.807) is 33.1 Å². The normalized spacial score (nSPS) is 21.9. The molecule has 4 aromatic rings. The zero-order valence-electron chi connectivity index (χ0n) is 28.7. The lowest BCUT2D eigenvalue weighted by Gasteiger charge is -2.40. The molecule has 274 valence electrons. The van der Waals surface area contributed by atoms with Crippen LogP contribution in [0.25, 0.3) is 21.7 Å². The molecule has 7 rings (SSSR count). The SMILES string of the molecule is Cc1cc(=O)c2cc3c(c([NH+]4C=C5N=CC=C5C4)c2o1)OC(C)(C)C(OOCC(O)(Cc1ccc(O)c2ccc(O)cc12)C(O)C(O)C(O)CO)C3. The molecule has 0 spiro atoms. The van der Waals surface area contributed by atoms with Gasteiger partial charge in [0.25, 0.3) is 0 Å². The van der Waals surface area contributed by atoms with Gasteiger partial charge in [0.2, 0.25) is 11.3 Å². The number of hydrogen-bond acceptors (Lipinski definition) is 13. The Balaban J connectivity index is 1.19. The van der Waals surface area contributed by atoms with Crippen LogP contribution in [0.4, 0.5) is 5.69 Å². The molecule has 3 aromatic carbocycles. The monoisotopic (exact) mass is 717 g/mol. The van der Waals surface area contributed by atoms with Crippen molar-refractivity contribution in [3.8, 4) is 17.2 Å². The highest BCUT2D eigenvalue weighted by Crippen LogP contribution is 2.43. The lowest BCUT2D eigenvalue weighted by atomic mass is 9.84. The van der Waals surface area contributed by atoms with Gasteiger partial charge in [-0.15, -0.1) is 0 Å². The molecule has 1 aromatic heterocycles. The van der Waals surface area contributed by atoms with Crippen LogP contribution in [0.2, 0.25) is 0 Å². The van der Waals surface area contributed by atoms with E-state index in [-0.39, 0.29) is 23.3 Å². The van der Waals surface area contributed by atoms with Crippen molar-refractivity contribution in [3.05, 3.63) is 93.1 Å². The van der Waals surface area contributed by atoms with Gasteiger partial charge in [0, 0.05) is 41.6 Å². The van der Waals surface area contributed by atoms with Crippen LogP contribution in [0.3, 0.4) is 0 Å². The minimum Gasteiger partial charge on any atom is -0.508 e. The molecule has 8 N–H and O–H groups in total. The van der Waals surface area contributed by atoms with Crippen molar-refractivity contribution in [3.63, 3.8) is 0 Å². The molecule has 52 heavy (non-hydrogen) atoms. The minimum absolute atomic E-state index is 0.0850. The highest BCUT2D eigenvalue weighted by atomic mass is 17.2. The number of aromatic hydroxyl groups is 2. The predicted molar refractivity (Wildman–Crippen MR) is 188 cm³/mol. The van der Waals surface area contributed by atoms with E-state index < -0.39 is 55.3 Å². The number of nitrogens with zero attached hydrogens (tertiary/aromatic N) is 1. The van der Waals surface area contributed by atoms with Crippen molar-refractivity contribution in [1.29, 1.82) is 0 Å². The fraction of sp³-hybridized carbons (Fsp3) is 0.368. The van der Waals surface area contributed by atoms with Crippen molar-refractivity contribution in [2.24, 2.45) is 4.99 Å². The van der Waals surface area contributed by atoms with E-state index in [0.717, 1.165) is 16.2 Å².